The molecule has 1 aliphatic heterocycles. The van der Waals surface area contributed by atoms with Crippen LogP contribution in [0.2, 0.25) is 0 Å². The Kier molecular flexibility index (Phi) is 6.87. The maximum Gasteiger partial charge on any atom is 0.232 e. The highest BCUT2D eigenvalue weighted by atomic mass is 16.5. The molecule has 174 valence electrons. The van der Waals surface area contributed by atoms with Crippen LogP contribution in [0.25, 0.3) is 12.2 Å². The molecule has 1 aliphatic rings. The van der Waals surface area contributed by atoms with E-state index in [2.05, 4.69) is 0 Å². The lowest BCUT2D eigenvalue weighted by molar-refractivity contribution is 0.101. The SMILES string of the molecule is COc1cc(OC)c(OC)cc1/C=C1\Oc2cc(OC/C=C/c3ccccc3)cc(C)c2C1=O. The molecular weight excluding hydrogens is 432 g/mol. The number of hydrogen-bond donors (Lipinski definition) is 0. The lowest BCUT2D eigenvalue weighted by Gasteiger charge is -2.12. The van der Waals surface area contributed by atoms with Crippen LogP contribution in [-0.2, 0) is 0 Å². The second-order valence-electron chi connectivity index (χ2n) is 7.63. The fourth-order valence-electron chi connectivity index (χ4n) is 3.76. The van der Waals surface area contributed by atoms with Crippen LogP contribution in [0.5, 0.6) is 28.7 Å². The van der Waals surface area contributed by atoms with Crippen molar-refractivity contribution in [1.82, 2.24) is 0 Å². The number of benzene rings is 3. The van der Waals surface area contributed by atoms with E-state index >= 15 is 0 Å². The highest BCUT2D eigenvalue weighted by Crippen LogP contribution is 2.40. The van der Waals surface area contributed by atoms with Gasteiger partial charge in [0.25, 0.3) is 0 Å². The van der Waals surface area contributed by atoms with Gasteiger partial charge in [0.05, 0.1) is 26.9 Å². The molecule has 0 bridgehead atoms. The third-order valence-corrected chi connectivity index (χ3v) is 5.42. The molecule has 0 aliphatic carbocycles. The first kappa shape index (κ1) is 23.0. The van der Waals surface area contributed by atoms with Crippen molar-refractivity contribution in [3.05, 3.63) is 88.7 Å². The average molecular weight is 459 g/mol. The highest BCUT2D eigenvalue weighted by molar-refractivity contribution is 6.15. The molecule has 34 heavy (non-hydrogen) atoms. The normalized spacial score (nSPS) is 13.6. The summed E-state index contributed by atoms with van der Waals surface area (Å²) >= 11 is 0. The second kappa shape index (κ2) is 10.2. The summed E-state index contributed by atoms with van der Waals surface area (Å²) in [6.45, 7) is 2.26. The molecule has 0 amide bonds. The predicted molar refractivity (Wildman–Crippen MR) is 131 cm³/mol. The number of ether oxygens (including phenoxy) is 5. The van der Waals surface area contributed by atoms with Crippen LogP contribution < -0.4 is 23.7 Å². The van der Waals surface area contributed by atoms with Crippen molar-refractivity contribution >= 4 is 17.9 Å². The zero-order valence-electron chi connectivity index (χ0n) is 19.6. The Hall–Kier alpha value is -4.19. The number of carbonyl (C=O) groups excluding carboxylic acids is 1. The molecule has 3 aromatic rings. The summed E-state index contributed by atoms with van der Waals surface area (Å²) < 4.78 is 28.0. The van der Waals surface area contributed by atoms with Crippen molar-refractivity contribution in [2.24, 2.45) is 0 Å². The molecule has 0 unspecified atom stereocenters. The highest BCUT2D eigenvalue weighted by Gasteiger charge is 2.30. The zero-order valence-corrected chi connectivity index (χ0v) is 19.6. The van der Waals surface area contributed by atoms with Crippen LogP contribution in [-0.4, -0.2) is 33.7 Å². The van der Waals surface area contributed by atoms with Gasteiger partial charge in [0, 0.05) is 17.7 Å². The molecule has 0 spiro atoms. The number of hydrogen-bond acceptors (Lipinski definition) is 6. The van der Waals surface area contributed by atoms with E-state index in [0.29, 0.717) is 46.5 Å². The van der Waals surface area contributed by atoms with Crippen LogP contribution >= 0.6 is 0 Å². The summed E-state index contributed by atoms with van der Waals surface area (Å²) in [4.78, 5) is 13.1. The van der Waals surface area contributed by atoms with Gasteiger partial charge in [-0.1, -0.05) is 36.4 Å². The topological polar surface area (TPSA) is 63.2 Å². The molecule has 0 saturated heterocycles. The van der Waals surface area contributed by atoms with Gasteiger partial charge in [-0.15, -0.1) is 0 Å². The molecule has 0 fully saturated rings. The summed E-state index contributed by atoms with van der Waals surface area (Å²) in [7, 11) is 4.65. The molecule has 0 atom stereocenters. The standard InChI is InChI=1S/C28H26O6/c1-18-13-21(33-12-8-11-19-9-6-5-7-10-19)16-25-27(18)28(29)26(34-25)15-20-14-23(31-3)24(32-4)17-22(20)30-2/h5-11,13-17H,12H2,1-4H3/b11-8+,26-15-. The summed E-state index contributed by atoms with van der Waals surface area (Å²) in [5.41, 5.74) is 3.05. The molecule has 0 radical (unpaired) electrons. The number of aryl methyl sites for hydroxylation is 1. The Morgan fingerprint density at radius 3 is 2.29 bits per heavy atom. The number of fused-ring (bicyclic) bond motifs is 1. The minimum atomic E-state index is -0.195. The summed E-state index contributed by atoms with van der Waals surface area (Å²) in [6.07, 6.45) is 5.59. The summed E-state index contributed by atoms with van der Waals surface area (Å²) in [6, 6.07) is 17.0. The maximum absolute atomic E-state index is 13.1. The molecule has 0 saturated carbocycles. The Morgan fingerprint density at radius 2 is 1.59 bits per heavy atom. The molecule has 4 rings (SSSR count). The lowest BCUT2D eigenvalue weighted by atomic mass is 10.0. The number of Topliss-reactive ketones (excluding diaryl/α,β-unsaturated/α-hetero) is 1. The zero-order chi connectivity index (χ0) is 24.1. The van der Waals surface area contributed by atoms with Gasteiger partial charge in [-0.25, -0.2) is 0 Å². The van der Waals surface area contributed by atoms with E-state index < -0.39 is 0 Å². The number of methoxy groups -OCH3 is 3. The first-order chi connectivity index (χ1) is 16.5. The van der Waals surface area contributed by atoms with E-state index in [1.54, 1.807) is 45.6 Å². The van der Waals surface area contributed by atoms with Crippen molar-refractivity contribution in [2.45, 2.75) is 6.92 Å². The maximum atomic E-state index is 13.1. The third-order valence-electron chi connectivity index (χ3n) is 5.42. The van der Waals surface area contributed by atoms with Gasteiger partial charge in [-0.2, -0.15) is 0 Å². The van der Waals surface area contributed by atoms with Gasteiger partial charge in [-0.05, 0) is 42.3 Å². The van der Waals surface area contributed by atoms with Crippen molar-refractivity contribution in [1.29, 1.82) is 0 Å². The number of rotatable bonds is 8. The Labute approximate surface area is 199 Å². The quantitative estimate of drug-likeness (QED) is 0.402. The van der Waals surface area contributed by atoms with Crippen LogP contribution in [0.3, 0.4) is 0 Å². The van der Waals surface area contributed by atoms with Gasteiger partial charge in [-0.3, -0.25) is 4.79 Å². The first-order valence-corrected chi connectivity index (χ1v) is 10.8. The minimum Gasteiger partial charge on any atom is -0.496 e. The monoisotopic (exact) mass is 458 g/mol. The van der Waals surface area contributed by atoms with Gasteiger partial charge in [0.2, 0.25) is 5.78 Å². The Bertz CT molecular complexity index is 1260. The Morgan fingerprint density at radius 1 is 0.882 bits per heavy atom. The van der Waals surface area contributed by atoms with Crippen LogP contribution in [0.4, 0.5) is 0 Å². The third kappa shape index (κ3) is 4.76. The number of carbonyl (C=O) groups is 1. The van der Waals surface area contributed by atoms with E-state index in [-0.39, 0.29) is 11.5 Å². The van der Waals surface area contributed by atoms with Crippen molar-refractivity contribution < 1.29 is 28.5 Å². The van der Waals surface area contributed by atoms with Crippen LogP contribution in [0.15, 0.2) is 66.4 Å². The van der Waals surface area contributed by atoms with Crippen molar-refractivity contribution in [3.63, 3.8) is 0 Å². The van der Waals surface area contributed by atoms with E-state index in [1.807, 2.05) is 55.5 Å². The largest absolute Gasteiger partial charge is 0.496 e. The van der Waals surface area contributed by atoms with Gasteiger partial charge < -0.3 is 23.7 Å². The fraction of sp³-hybridized carbons (Fsp3) is 0.179. The average Bonchev–Trinajstić information content (AvgIpc) is 3.17. The molecule has 6 nitrogen and oxygen atoms in total. The summed E-state index contributed by atoms with van der Waals surface area (Å²) in [5.74, 6) is 2.69. The van der Waals surface area contributed by atoms with Crippen molar-refractivity contribution in [2.75, 3.05) is 27.9 Å². The molecule has 1 heterocycles. The van der Waals surface area contributed by atoms with Crippen LogP contribution in [0, 0.1) is 6.92 Å². The van der Waals surface area contributed by atoms with E-state index in [4.69, 9.17) is 23.7 Å². The molecular formula is C28H26O6. The minimum absolute atomic E-state index is 0.195. The van der Waals surface area contributed by atoms with Gasteiger partial charge in [0.1, 0.15) is 23.9 Å². The second-order valence-corrected chi connectivity index (χ2v) is 7.63. The lowest BCUT2D eigenvalue weighted by Crippen LogP contribution is -2.01. The van der Waals surface area contributed by atoms with Gasteiger partial charge >= 0.3 is 0 Å². The molecule has 3 aromatic carbocycles. The molecule has 0 aromatic heterocycles. The van der Waals surface area contributed by atoms with E-state index in [9.17, 15) is 4.79 Å². The number of allylic oxidation sites excluding steroid dienone is 1. The molecule has 6 heteroatoms. The summed E-state index contributed by atoms with van der Waals surface area (Å²) in [5, 5.41) is 0. The van der Waals surface area contributed by atoms with Crippen LogP contribution in [0.1, 0.15) is 27.0 Å². The first-order valence-electron chi connectivity index (χ1n) is 10.8. The molecule has 0 N–H and O–H groups in total. The van der Waals surface area contributed by atoms with E-state index in [0.717, 1.165) is 11.1 Å². The Balaban J connectivity index is 1.55. The van der Waals surface area contributed by atoms with E-state index in [1.165, 1.54) is 0 Å². The number of ketones is 1. The van der Waals surface area contributed by atoms with Gasteiger partial charge in [0.15, 0.2) is 17.3 Å². The smallest absolute Gasteiger partial charge is 0.232 e. The fourth-order valence-corrected chi connectivity index (χ4v) is 3.76. The predicted octanol–water partition coefficient (Wildman–Crippen LogP) is 5.73. The van der Waals surface area contributed by atoms with Crippen molar-refractivity contribution in [3.8, 4) is 28.7 Å².